The lowest BCUT2D eigenvalue weighted by Gasteiger charge is -2.16. The number of nitrogens with one attached hydrogen (secondary N) is 1. The second kappa shape index (κ2) is 11.5. The van der Waals surface area contributed by atoms with Crippen LogP contribution in [-0.4, -0.2) is 41.4 Å². The average Bonchev–Trinajstić information content (AvgIpc) is 2.86. The number of carbonyl (C=O) groups is 2. The topological polar surface area (TPSA) is 128 Å². The van der Waals surface area contributed by atoms with E-state index in [1.54, 1.807) is 0 Å². The number of nitroso groups, excluding NO2 is 1. The molecule has 0 aliphatic carbocycles. The van der Waals surface area contributed by atoms with E-state index in [1.165, 1.54) is 0 Å². The summed E-state index contributed by atoms with van der Waals surface area (Å²) in [4.78, 5) is 32.2. The molecule has 1 rings (SSSR count). The summed E-state index contributed by atoms with van der Waals surface area (Å²) in [6.45, 7) is 0.611. The Balaban J connectivity index is 1.92. The van der Waals surface area contributed by atoms with E-state index in [2.05, 4.69) is 10.5 Å². The van der Waals surface area contributed by atoms with Crippen molar-refractivity contribution in [1.29, 1.82) is 0 Å². The molecule has 0 aromatic rings. The van der Waals surface area contributed by atoms with Gasteiger partial charge in [-0.1, -0.05) is 12.8 Å². The highest BCUT2D eigenvalue weighted by atomic mass is 32.2. The van der Waals surface area contributed by atoms with Crippen molar-refractivity contribution in [3.8, 4) is 0 Å². The highest BCUT2D eigenvalue weighted by molar-refractivity contribution is 8.00. The molecule has 8 heteroatoms. The Morgan fingerprint density at radius 1 is 1.09 bits per heavy atom. The SMILES string of the molecule is NC1CSC(CCCCC(=O)NCCCCCC(=O)N=O)C1N. The van der Waals surface area contributed by atoms with Crippen LogP contribution >= 0.6 is 11.8 Å². The van der Waals surface area contributed by atoms with Gasteiger partial charge in [-0.15, -0.1) is 4.91 Å². The van der Waals surface area contributed by atoms with Crippen LogP contribution in [0.15, 0.2) is 5.18 Å². The summed E-state index contributed by atoms with van der Waals surface area (Å²) >= 11 is 1.84. The van der Waals surface area contributed by atoms with Crippen LogP contribution in [0.4, 0.5) is 0 Å². The average molecular weight is 344 g/mol. The van der Waals surface area contributed by atoms with E-state index in [0.29, 0.717) is 24.6 Å². The zero-order valence-electron chi connectivity index (χ0n) is 13.5. The number of carbonyl (C=O) groups excluding carboxylic acids is 2. The molecule has 0 radical (unpaired) electrons. The van der Waals surface area contributed by atoms with Crippen LogP contribution in [0.2, 0.25) is 0 Å². The largest absolute Gasteiger partial charge is 0.356 e. The van der Waals surface area contributed by atoms with Gasteiger partial charge >= 0.3 is 0 Å². The molecular weight excluding hydrogens is 316 g/mol. The summed E-state index contributed by atoms with van der Waals surface area (Å²) < 4.78 is 0. The summed E-state index contributed by atoms with van der Waals surface area (Å²) in [5.41, 5.74) is 11.9. The Kier molecular flexibility index (Phi) is 10.1. The van der Waals surface area contributed by atoms with Crippen molar-refractivity contribution in [2.24, 2.45) is 16.6 Å². The maximum Gasteiger partial charge on any atom is 0.286 e. The summed E-state index contributed by atoms with van der Waals surface area (Å²) in [7, 11) is 0. The van der Waals surface area contributed by atoms with Crippen molar-refractivity contribution < 1.29 is 9.59 Å². The fourth-order valence-electron chi connectivity index (χ4n) is 2.58. The summed E-state index contributed by atoms with van der Waals surface area (Å²) in [6, 6.07) is 0.182. The van der Waals surface area contributed by atoms with Gasteiger partial charge in [0.15, 0.2) is 0 Å². The van der Waals surface area contributed by atoms with Crippen molar-refractivity contribution >= 4 is 23.6 Å². The molecule has 0 spiro atoms. The number of rotatable bonds is 11. The van der Waals surface area contributed by atoms with Crippen LogP contribution in [0.5, 0.6) is 0 Å². The van der Waals surface area contributed by atoms with Crippen LogP contribution < -0.4 is 16.8 Å². The number of amides is 2. The molecule has 0 aromatic carbocycles. The molecule has 3 atom stereocenters. The lowest BCUT2D eigenvalue weighted by Crippen LogP contribution is -2.43. The minimum absolute atomic E-state index is 0.0655. The van der Waals surface area contributed by atoms with E-state index >= 15 is 0 Å². The Morgan fingerprint density at radius 2 is 1.83 bits per heavy atom. The molecule has 5 N–H and O–H groups in total. The van der Waals surface area contributed by atoms with Gasteiger partial charge in [-0.25, -0.2) is 0 Å². The molecule has 1 aliphatic rings. The van der Waals surface area contributed by atoms with E-state index in [-0.39, 0.29) is 24.4 Å². The van der Waals surface area contributed by atoms with Crippen molar-refractivity contribution in [1.82, 2.24) is 5.32 Å². The van der Waals surface area contributed by atoms with Crippen molar-refractivity contribution in [3.05, 3.63) is 4.91 Å². The first-order valence-electron chi connectivity index (χ1n) is 8.30. The Hall–Kier alpha value is -0.990. The third kappa shape index (κ3) is 8.43. The van der Waals surface area contributed by atoms with Gasteiger partial charge in [0.05, 0.1) is 0 Å². The highest BCUT2D eigenvalue weighted by Gasteiger charge is 2.30. The molecule has 1 aliphatic heterocycles. The van der Waals surface area contributed by atoms with E-state index in [4.69, 9.17) is 11.5 Å². The molecule has 1 saturated heterocycles. The van der Waals surface area contributed by atoms with Gasteiger partial charge in [-0.2, -0.15) is 11.8 Å². The zero-order chi connectivity index (χ0) is 17.1. The molecule has 0 bridgehead atoms. The predicted molar refractivity (Wildman–Crippen MR) is 92.9 cm³/mol. The molecule has 3 unspecified atom stereocenters. The fraction of sp³-hybridized carbons (Fsp3) is 0.867. The van der Waals surface area contributed by atoms with Gasteiger partial charge in [-0.3, -0.25) is 9.59 Å². The zero-order valence-corrected chi connectivity index (χ0v) is 14.4. The quantitative estimate of drug-likeness (QED) is 0.383. The van der Waals surface area contributed by atoms with Crippen LogP contribution in [0.25, 0.3) is 0 Å². The minimum atomic E-state index is -0.602. The first-order chi connectivity index (χ1) is 11.0. The molecule has 0 aromatic heterocycles. The van der Waals surface area contributed by atoms with E-state index in [1.807, 2.05) is 11.8 Å². The van der Waals surface area contributed by atoms with E-state index < -0.39 is 5.91 Å². The smallest absolute Gasteiger partial charge is 0.286 e. The van der Waals surface area contributed by atoms with E-state index in [9.17, 15) is 14.5 Å². The lowest BCUT2D eigenvalue weighted by molar-refractivity contribution is -0.121. The summed E-state index contributed by atoms with van der Waals surface area (Å²) in [5.74, 6) is 0.395. The molecule has 1 heterocycles. The highest BCUT2D eigenvalue weighted by Crippen LogP contribution is 2.28. The lowest BCUT2D eigenvalue weighted by atomic mass is 10.0. The monoisotopic (exact) mass is 344 g/mol. The third-order valence-electron chi connectivity index (χ3n) is 4.06. The maximum absolute atomic E-state index is 11.7. The number of unbranched alkanes of at least 4 members (excludes halogenated alkanes) is 3. The first kappa shape index (κ1) is 20.1. The van der Waals surface area contributed by atoms with Crippen molar-refractivity contribution in [3.63, 3.8) is 0 Å². The van der Waals surface area contributed by atoms with Gasteiger partial charge in [0.2, 0.25) is 5.91 Å². The van der Waals surface area contributed by atoms with Crippen LogP contribution in [0, 0.1) is 4.91 Å². The molecular formula is C15H28N4O3S. The number of hydrogen-bond acceptors (Lipinski definition) is 6. The molecule has 0 saturated carbocycles. The van der Waals surface area contributed by atoms with Crippen LogP contribution in [0.3, 0.4) is 0 Å². The van der Waals surface area contributed by atoms with E-state index in [0.717, 1.165) is 37.9 Å². The fourth-order valence-corrected chi connectivity index (χ4v) is 4.03. The number of nitrogens with zero attached hydrogens (tertiary/aromatic N) is 1. The minimum Gasteiger partial charge on any atom is -0.356 e. The van der Waals surface area contributed by atoms with Gasteiger partial charge in [-0.05, 0) is 25.7 Å². The maximum atomic E-state index is 11.7. The Bertz CT molecular complexity index is 395. The second-order valence-electron chi connectivity index (χ2n) is 6.00. The molecule has 1 fully saturated rings. The van der Waals surface area contributed by atoms with Crippen molar-refractivity contribution in [2.75, 3.05) is 12.3 Å². The molecule has 132 valence electrons. The summed E-state index contributed by atoms with van der Waals surface area (Å²) in [5, 5.41) is 5.64. The third-order valence-corrected chi connectivity index (χ3v) is 5.62. The molecule has 7 nitrogen and oxygen atoms in total. The number of nitrogens with two attached hydrogens (primary N) is 2. The number of thioether (sulfide) groups is 1. The first-order valence-corrected chi connectivity index (χ1v) is 9.35. The Labute approximate surface area is 141 Å². The Morgan fingerprint density at radius 3 is 2.48 bits per heavy atom. The van der Waals surface area contributed by atoms with Gasteiger partial charge in [0, 0.05) is 47.6 Å². The van der Waals surface area contributed by atoms with Gasteiger partial charge in [0.25, 0.3) is 5.91 Å². The molecule has 23 heavy (non-hydrogen) atoms. The van der Waals surface area contributed by atoms with Crippen LogP contribution in [-0.2, 0) is 9.59 Å². The second-order valence-corrected chi connectivity index (χ2v) is 7.28. The number of hydrogen-bond donors (Lipinski definition) is 3. The van der Waals surface area contributed by atoms with Gasteiger partial charge < -0.3 is 16.8 Å². The normalized spacial score (nSPS) is 23.7. The van der Waals surface area contributed by atoms with Gasteiger partial charge in [0.1, 0.15) is 0 Å². The van der Waals surface area contributed by atoms with Crippen LogP contribution in [0.1, 0.15) is 51.4 Å². The standard InChI is InChI=1S/C15H28N4O3S/c16-11-10-23-12(15(11)17)6-3-4-7-13(20)18-9-5-1-2-8-14(21)19-22/h11-12,15H,1-10,16-17H2,(H,18,20). The van der Waals surface area contributed by atoms with Crippen molar-refractivity contribution in [2.45, 2.75) is 68.7 Å². The molecule has 2 amide bonds. The summed E-state index contributed by atoms with van der Waals surface area (Å²) in [6.07, 6.45) is 5.86. The predicted octanol–water partition coefficient (Wildman–Crippen LogP) is 1.29.